The second kappa shape index (κ2) is 11.8. The molecule has 0 spiro atoms. The predicted molar refractivity (Wildman–Crippen MR) is 97.2 cm³/mol. The van der Waals surface area contributed by atoms with Crippen LogP contribution in [-0.2, 0) is 9.53 Å². The first-order valence-electron chi connectivity index (χ1n) is 7.04. The fraction of sp³-hybridized carbons (Fsp3) is 0.538. The number of imidazole rings is 1. The molecule has 0 saturated heterocycles. The second-order valence-corrected chi connectivity index (χ2v) is 4.75. The number of anilines is 1. The smallest absolute Gasteiger partial charge is 0.239 e. The number of methoxy groups -OCH3 is 1. The average Bonchev–Trinajstić information content (AvgIpc) is 2.99. The van der Waals surface area contributed by atoms with Gasteiger partial charge in [0.25, 0.3) is 0 Å². The number of H-pyrrole nitrogens is 1. The fourth-order valence-electron chi connectivity index (χ4n) is 1.98. The minimum atomic E-state index is -0.0673. The SMILES string of the molecule is COCCNCCNC(=O)CN(C)c1ncnc2nc[nH]c12.Cl.Cl. The summed E-state index contributed by atoms with van der Waals surface area (Å²) in [4.78, 5) is 29.0. The molecular formula is C13H23Cl2N7O2. The summed E-state index contributed by atoms with van der Waals surface area (Å²) in [6.07, 6.45) is 3.00. The van der Waals surface area contributed by atoms with Gasteiger partial charge >= 0.3 is 0 Å². The number of hydrogen-bond donors (Lipinski definition) is 3. The lowest BCUT2D eigenvalue weighted by atomic mass is 10.4. The van der Waals surface area contributed by atoms with Crippen LogP contribution in [0.1, 0.15) is 0 Å². The van der Waals surface area contributed by atoms with Crippen molar-refractivity contribution in [2.45, 2.75) is 0 Å². The first kappa shape index (κ1) is 22.3. The zero-order valence-electron chi connectivity index (χ0n) is 13.6. The first-order valence-corrected chi connectivity index (χ1v) is 7.04. The summed E-state index contributed by atoms with van der Waals surface area (Å²) in [5, 5.41) is 6.01. The molecule has 2 aromatic heterocycles. The number of ether oxygens (including phenoxy) is 1. The third-order valence-corrected chi connectivity index (χ3v) is 3.05. The van der Waals surface area contributed by atoms with E-state index >= 15 is 0 Å². The third kappa shape index (κ3) is 6.44. The van der Waals surface area contributed by atoms with E-state index in [0.717, 1.165) is 12.1 Å². The molecule has 1 amide bonds. The normalized spacial score (nSPS) is 9.92. The van der Waals surface area contributed by atoms with Crippen LogP contribution in [0.2, 0.25) is 0 Å². The molecule has 0 fully saturated rings. The summed E-state index contributed by atoms with van der Waals surface area (Å²) in [7, 11) is 3.46. The summed E-state index contributed by atoms with van der Waals surface area (Å²) < 4.78 is 4.92. The Morgan fingerprint density at radius 3 is 2.79 bits per heavy atom. The molecule has 2 aromatic rings. The van der Waals surface area contributed by atoms with Gasteiger partial charge in [-0.2, -0.15) is 0 Å². The molecule has 0 bridgehead atoms. The van der Waals surface area contributed by atoms with Gasteiger partial charge in [-0.15, -0.1) is 24.8 Å². The van der Waals surface area contributed by atoms with Crippen molar-refractivity contribution in [3.8, 4) is 0 Å². The number of amides is 1. The van der Waals surface area contributed by atoms with E-state index in [9.17, 15) is 4.79 Å². The molecule has 9 nitrogen and oxygen atoms in total. The Kier molecular flexibility index (Phi) is 11.0. The van der Waals surface area contributed by atoms with Crippen LogP contribution in [-0.4, -0.2) is 72.8 Å². The van der Waals surface area contributed by atoms with Crippen molar-refractivity contribution in [1.82, 2.24) is 30.6 Å². The van der Waals surface area contributed by atoms with Crippen molar-refractivity contribution in [2.75, 3.05) is 51.8 Å². The topological polar surface area (TPSA) is 108 Å². The molecule has 11 heteroatoms. The van der Waals surface area contributed by atoms with Crippen LogP contribution in [0, 0.1) is 0 Å². The second-order valence-electron chi connectivity index (χ2n) is 4.75. The van der Waals surface area contributed by atoms with Gasteiger partial charge in [-0.25, -0.2) is 15.0 Å². The Labute approximate surface area is 152 Å². The van der Waals surface area contributed by atoms with Crippen molar-refractivity contribution >= 4 is 47.7 Å². The zero-order chi connectivity index (χ0) is 15.8. The number of aromatic amines is 1. The van der Waals surface area contributed by atoms with E-state index in [1.54, 1.807) is 25.4 Å². The number of likely N-dealkylation sites (N-methyl/N-ethyl adjacent to an activating group) is 1. The summed E-state index contributed by atoms with van der Waals surface area (Å²) in [5.74, 6) is 0.582. The number of aromatic nitrogens is 4. The molecule has 0 radical (unpaired) electrons. The van der Waals surface area contributed by atoms with E-state index in [1.807, 2.05) is 0 Å². The van der Waals surface area contributed by atoms with Crippen LogP contribution >= 0.6 is 24.8 Å². The number of rotatable bonds is 9. The number of fused-ring (bicyclic) bond motifs is 1. The number of nitrogens with zero attached hydrogens (tertiary/aromatic N) is 4. The largest absolute Gasteiger partial charge is 0.383 e. The number of hydrogen-bond acceptors (Lipinski definition) is 7. The van der Waals surface area contributed by atoms with Crippen LogP contribution in [0.3, 0.4) is 0 Å². The van der Waals surface area contributed by atoms with E-state index in [-0.39, 0.29) is 37.3 Å². The molecule has 3 N–H and O–H groups in total. The quantitative estimate of drug-likeness (QED) is 0.525. The monoisotopic (exact) mass is 379 g/mol. The maximum atomic E-state index is 11.9. The molecule has 0 aliphatic heterocycles. The summed E-state index contributed by atoms with van der Waals surface area (Å²) in [5.41, 5.74) is 1.30. The fourth-order valence-corrected chi connectivity index (χ4v) is 1.98. The lowest BCUT2D eigenvalue weighted by Gasteiger charge is -2.17. The summed E-state index contributed by atoms with van der Waals surface area (Å²) in [6.45, 7) is 2.91. The van der Waals surface area contributed by atoms with Crippen LogP contribution in [0.4, 0.5) is 5.82 Å². The zero-order valence-corrected chi connectivity index (χ0v) is 15.2. The van der Waals surface area contributed by atoms with Crippen LogP contribution in [0.15, 0.2) is 12.7 Å². The van der Waals surface area contributed by atoms with Gasteiger partial charge in [-0.3, -0.25) is 4.79 Å². The Hall–Kier alpha value is -1.68. The average molecular weight is 380 g/mol. The molecule has 0 unspecified atom stereocenters. The summed E-state index contributed by atoms with van der Waals surface area (Å²) in [6, 6.07) is 0. The van der Waals surface area contributed by atoms with Gasteiger partial charge in [0.2, 0.25) is 5.91 Å². The van der Waals surface area contributed by atoms with Crippen molar-refractivity contribution in [3.63, 3.8) is 0 Å². The van der Waals surface area contributed by atoms with Gasteiger partial charge in [0.15, 0.2) is 11.5 Å². The molecule has 0 aliphatic rings. The first-order chi connectivity index (χ1) is 10.7. The van der Waals surface area contributed by atoms with Crippen LogP contribution in [0.5, 0.6) is 0 Å². The van der Waals surface area contributed by atoms with Crippen molar-refractivity contribution < 1.29 is 9.53 Å². The summed E-state index contributed by atoms with van der Waals surface area (Å²) >= 11 is 0. The van der Waals surface area contributed by atoms with E-state index in [2.05, 4.69) is 30.6 Å². The van der Waals surface area contributed by atoms with Crippen molar-refractivity contribution in [1.29, 1.82) is 0 Å². The van der Waals surface area contributed by atoms with Gasteiger partial charge in [-0.1, -0.05) is 0 Å². The van der Waals surface area contributed by atoms with Crippen molar-refractivity contribution in [2.24, 2.45) is 0 Å². The minimum absolute atomic E-state index is 0. The van der Waals surface area contributed by atoms with Crippen LogP contribution in [0.25, 0.3) is 11.2 Å². The number of carbonyl (C=O) groups is 1. The molecule has 0 saturated carbocycles. The number of carbonyl (C=O) groups excluding carboxylic acids is 1. The molecule has 136 valence electrons. The highest BCUT2D eigenvalue weighted by Crippen LogP contribution is 2.17. The Bertz CT molecular complexity index is 611. The van der Waals surface area contributed by atoms with E-state index < -0.39 is 0 Å². The highest BCUT2D eigenvalue weighted by atomic mass is 35.5. The predicted octanol–water partition coefficient (Wildman–Crippen LogP) is -0.0151. The third-order valence-electron chi connectivity index (χ3n) is 3.05. The molecule has 0 aliphatic carbocycles. The van der Waals surface area contributed by atoms with Crippen LogP contribution < -0.4 is 15.5 Å². The van der Waals surface area contributed by atoms with Crippen molar-refractivity contribution in [3.05, 3.63) is 12.7 Å². The molecule has 0 aromatic carbocycles. The van der Waals surface area contributed by atoms with E-state index in [4.69, 9.17) is 4.74 Å². The molecule has 24 heavy (non-hydrogen) atoms. The maximum Gasteiger partial charge on any atom is 0.239 e. The Morgan fingerprint density at radius 1 is 1.25 bits per heavy atom. The van der Waals surface area contributed by atoms with Gasteiger partial charge < -0.3 is 25.3 Å². The highest BCUT2D eigenvalue weighted by molar-refractivity contribution is 5.87. The number of nitrogens with one attached hydrogen (secondary N) is 3. The number of halogens is 2. The van der Waals surface area contributed by atoms with E-state index in [1.165, 1.54) is 6.33 Å². The van der Waals surface area contributed by atoms with E-state index in [0.29, 0.717) is 31.2 Å². The molecule has 2 heterocycles. The maximum absolute atomic E-state index is 11.9. The highest BCUT2D eigenvalue weighted by Gasteiger charge is 2.13. The van der Waals surface area contributed by atoms with Gasteiger partial charge in [0, 0.05) is 33.8 Å². The van der Waals surface area contributed by atoms with Gasteiger partial charge in [0.1, 0.15) is 11.8 Å². The molecule has 0 atom stereocenters. The lowest BCUT2D eigenvalue weighted by molar-refractivity contribution is -0.119. The Morgan fingerprint density at radius 2 is 2.04 bits per heavy atom. The minimum Gasteiger partial charge on any atom is -0.383 e. The van der Waals surface area contributed by atoms with Gasteiger partial charge in [-0.05, 0) is 0 Å². The Balaban J connectivity index is 0.00000264. The molecule has 2 rings (SSSR count). The molecular weight excluding hydrogens is 357 g/mol. The lowest BCUT2D eigenvalue weighted by Crippen LogP contribution is -2.39. The van der Waals surface area contributed by atoms with Gasteiger partial charge in [0.05, 0.1) is 19.5 Å². The standard InChI is InChI=1S/C13H21N7O2.2ClH/c1-20(7-10(21)15-4-3-14-5-6-22-2)13-11-12(17-8-16-11)18-9-19-13;;/h8-9,14H,3-7H2,1-2H3,(H,15,21)(H,16,17,18,19);2*1H.